The highest BCUT2D eigenvalue weighted by atomic mass is 32.2. The molecule has 1 aliphatic rings. The van der Waals surface area contributed by atoms with Crippen LogP contribution in [0.25, 0.3) is 0 Å². The third-order valence-corrected chi connectivity index (χ3v) is 6.35. The average molecular weight is 361 g/mol. The number of fused-ring (bicyclic) bond motifs is 1. The molecule has 0 fully saturated rings. The molecule has 0 radical (unpaired) electrons. The van der Waals surface area contributed by atoms with Gasteiger partial charge in [-0.1, -0.05) is 0 Å². The van der Waals surface area contributed by atoms with Gasteiger partial charge in [0.05, 0.1) is 17.1 Å². The van der Waals surface area contributed by atoms with E-state index in [9.17, 15) is 4.57 Å². The zero-order valence-corrected chi connectivity index (χ0v) is 16.1. The minimum Gasteiger partial charge on any atom is -0.349 e. The van der Waals surface area contributed by atoms with Gasteiger partial charge in [-0.3, -0.25) is 4.57 Å². The largest absolute Gasteiger partial charge is 0.355 e. The molecule has 0 aromatic carbocycles. The van der Waals surface area contributed by atoms with Crippen LogP contribution < -0.4 is 0 Å². The zero-order chi connectivity index (χ0) is 17.3. The third kappa shape index (κ3) is 4.06. The van der Waals surface area contributed by atoms with Gasteiger partial charge in [-0.05, 0) is 53.3 Å². The van der Waals surface area contributed by atoms with E-state index >= 15 is 0 Å². The normalized spacial score (nSPS) is 23.2. The molecule has 130 valence electrons. The summed E-state index contributed by atoms with van der Waals surface area (Å²) in [7, 11) is -3.42. The number of ether oxygens (including phenoxy) is 1. The Balaban J connectivity index is 2.42. The second-order valence-electron chi connectivity index (χ2n) is 5.81. The molecular weight excluding hydrogens is 337 g/mol. The molecule has 23 heavy (non-hydrogen) atoms. The molecule has 1 atom stereocenters. The molecule has 7 nitrogen and oxygen atoms in total. The third-order valence-electron chi connectivity index (χ3n) is 3.00. The number of aromatic nitrogens is 3. The predicted molar refractivity (Wildman–Crippen MR) is 89.3 cm³/mol. The van der Waals surface area contributed by atoms with Gasteiger partial charge >= 0.3 is 7.60 Å². The number of hydrogen-bond acceptors (Lipinski definition) is 7. The van der Waals surface area contributed by atoms with Crippen molar-refractivity contribution in [2.24, 2.45) is 0 Å². The predicted octanol–water partition coefficient (Wildman–Crippen LogP) is 3.98. The number of nitrogens with zero attached hydrogens (tertiary/aromatic N) is 3. The molecule has 0 spiro atoms. The molecule has 9 heteroatoms. The summed E-state index contributed by atoms with van der Waals surface area (Å²) < 4.78 is 31.9. The number of thioether (sulfide) groups is 1. The molecule has 0 saturated carbocycles. The van der Waals surface area contributed by atoms with Gasteiger partial charge in [-0.2, -0.15) is 5.10 Å². The van der Waals surface area contributed by atoms with Gasteiger partial charge in [0.1, 0.15) is 6.33 Å². The van der Waals surface area contributed by atoms with Crippen LogP contribution in [0.3, 0.4) is 0 Å². The Bertz CT molecular complexity index is 617. The first-order valence-corrected chi connectivity index (χ1v) is 10.0. The summed E-state index contributed by atoms with van der Waals surface area (Å²) in [6.07, 6.45) is 1.03. The van der Waals surface area contributed by atoms with Gasteiger partial charge in [0.2, 0.25) is 0 Å². The average Bonchev–Trinajstić information content (AvgIpc) is 2.92. The summed E-state index contributed by atoms with van der Waals surface area (Å²) in [5, 5.41) is 4.91. The van der Waals surface area contributed by atoms with Crippen molar-refractivity contribution in [3.8, 4) is 0 Å². The fourth-order valence-corrected chi connectivity index (χ4v) is 5.68. The Morgan fingerprint density at radius 1 is 1.35 bits per heavy atom. The van der Waals surface area contributed by atoms with Crippen LogP contribution in [0.4, 0.5) is 0 Å². The van der Waals surface area contributed by atoms with Gasteiger partial charge in [0, 0.05) is 12.4 Å². The SMILES string of the molecule is CCOC1(C)/C(=C/P(=O)(OC(C)C)OC(C)C)Sc2ncnn21. The molecule has 0 saturated heterocycles. The van der Waals surface area contributed by atoms with Gasteiger partial charge < -0.3 is 13.8 Å². The van der Waals surface area contributed by atoms with E-state index < -0.39 is 13.3 Å². The molecule has 0 amide bonds. The van der Waals surface area contributed by atoms with Crippen LogP contribution in [0.15, 0.2) is 22.2 Å². The highest BCUT2D eigenvalue weighted by Gasteiger charge is 2.44. The van der Waals surface area contributed by atoms with Crippen LogP contribution in [0.5, 0.6) is 0 Å². The Kier molecular flexibility index (Phi) is 5.74. The number of rotatable bonds is 7. The van der Waals surface area contributed by atoms with Crippen molar-refractivity contribution in [3.05, 3.63) is 17.0 Å². The first-order valence-electron chi connectivity index (χ1n) is 7.62. The van der Waals surface area contributed by atoms with E-state index in [-0.39, 0.29) is 12.2 Å². The van der Waals surface area contributed by atoms with Crippen molar-refractivity contribution < 1.29 is 18.3 Å². The monoisotopic (exact) mass is 361 g/mol. The van der Waals surface area contributed by atoms with Crippen molar-refractivity contribution in [2.45, 2.75) is 64.6 Å². The lowest BCUT2D eigenvalue weighted by molar-refractivity contribution is -0.0611. The molecule has 1 unspecified atom stereocenters. The summed E-state index contributed by atoms with van der Waals surface area (Å²) in [6, 6.07) is 0. The summed E-state index contributed by atoms with van der Waals surface area (Å²) >= 11 is 1.36. The fourth-order valence-electron chi connectivity index (χ4n) is 2.27. The molecule has 2 rings (SSSR count). The van der Waals surface area contributed by atoms with E-state index in [4.69, 9.17) is 13.8 Å². The fraction of sp³-hybridized carbons (Fsp3) is 0.714. The Hall–Kier alpha value is -0.660. The van der Waals surface area contributed by atoms with Crippen LogP contribution in [-0.4, -0.2) is 33.6 Å². The van der Waals surface area contributed by atoms with Crippen molar-refractivity contribution >= 4 is 19.4 Å². The Labute approximate surface area is 141 Å². The van der Waals surface area contributed by atoms with Crippen molar-refractivity contribution in [2.75, 3.05) is 6.61 Å². The van der Waals surface area contributed by atoms with Crippen LogP contribution >= 0.6 is 19.4 Å². The lowest BCUT2D eigenvalue weighted by Gasteiger charge is -2.27. The molecular formula is C14H24N3O4PS. The van der Waals surface area contributed by atoms with Gasteiger partial charge in [-0.15, -0.1) is 0 Å². The van der Waals surface area contributed by atoms with Crippen molar-refractivity contribution in [1.29, 1.82) is 0 Å². The van der Waals surface area contributed by atoms with E-state index in [1.807, 2.05) is 41.5 Å². The summed E-state index contributed by atoms with van der Waals surface area (Å²) in [6.45, 7) is 11.5. The first-order chi connectivity index (χ1) is 10.7. The molecule has 1 aromatic rings. The highest BCUT2D eigenvalue weighted by molar-refractivity contribution is 8.03. The molecule has 1 aromatic heterocycles. The van der Waals surface area contributed by atoms with Crippen LogP contribution in [0, 0.1) is 0 Å². The number of hydrogen-bond donors (Lipinski definition) is 0. The van der Waals surface area contributed by atoms with Gasteiger partial charge in [0.15, 0.2) is 10.9 Å². The first kappa shape index (κ1) is 18.7. The van der Waals surface area contributed by atoms with Crippen molar-refractivity contribution in [3.63, 3.8) is 0 Å². The topological polar surface area (TPSA) is 75.5 Å². The molecule has 2 heterocycles. The van der Waals surface area contributed by atoms with Gasteiger partial charge in [-0.25, -0.2) is 9.67 Å². The molecule has 0 N–H and O–H groups in total. The molecule has 0 bridgehead atoms. The summed E-state index contributed by atoms with van der Waals surface area (Å²) in [5.74, 6) is 1.55. The van der Waals surface area contributed by atoms with Crippen LogP contribution in [-0.2, 0) is 24.1 Å². The minimum atomic E-state index is -3.42. The van der Waals surface area contributed by atoms with E-state index in [1.165, 1.54) is 18.1 Å². The lowest BCUT2D eigenvalue weighted by atomic mass is 10.2. The molecule has 0 aliphatic carbocycles. The quantitative estimate of drug-likeness (QED) is 0.680. The Morgan fingerprint density at radius 3 is 2.48 bits per heavy atom. The van der Waals surface area contributed by atoms with E-state index in [0.717, 1.165) is 0 Å². The zero-order valence-electron chi connectivity index (χ0n) is 14.3. The second-order valence-corrected chi connectivity index (χ2v) is 8.58. The standard InChI is InChI=1S/C14H24N3O4PS/c1-7-19-14(6)12(23-13-15-9-16-17(13)14)8-22(18,20-10(2)3)21-11(4)5/h8-11H,7H2,1-6H3/b12-8-. The Morgan fingerprint density at radius 2 is 1.96 bits per heavy atom. The maximum absolute atomic E-state index is 13.1. The van der Waals surface area contributed by atoms with Crippen LogP contribution in [0.1, 0.15) is 41.5 Å². The van der Waals surface area contributed by atoms with Crippen LogP contribution in [0.2, 0.25) is 0 Å². The highest BCUT2D eigenvalue weighted by Crippen LogP contribution is 2.58. The van der Waals surface area contributed by atoms with E-state index in [0.29, 0.717) is 16.7 Å². The summed E-state index contributed by atoms with van der Waals surface area (Å²) in [5.41, 5.74) is -0.860. The smallest absolute Gasteiger partial charge is 0.349 e. The summed E-state index contributed by atoms with van der Waals surface area (Å²) in [4.78, 5) is 4.91. The maximum Gasteiger partial charge on any atom is 0.355 e. The van der Waals surface area contributed by atoms with E-state index in [2.05, 4.69) is 10.1 Å². The maximum atomic E-state index is 13.1. The van der Waals surface area contributed by atoms with Crippen molar-refractivity contribution in [1.82, 2.24) is 14.8 Å². The van der Waals surface area contributed by atoms with Gasteiger partial charge in [0.25, 0.3) is 0 Å². The lowest BCUT2D eigenvalue weighted by Crippen LogP contribution is -2.32. The minimum absolute atomic E-state index is 0.226. The molecule has 1 aliphatic heterocycles. The second kappa shape index (κ2) is 7.07. The van der Waals surface area contributed by atoms with E-state index in [1.54, 1.807) is 10.5 Å².